The molecule has 0 bridgehead atoms. The SMILES string of the molecule is CC(C(=O)O)=C(Nc1cc(Cl)cc(Cl)c1OCc1ccccc1)C(=O)O. The highest BCUT2D eigenvalue weighted by Crippen LogP contribution is 2.37. The lowest BCUT2D eigenvalue weighted by Gasteiger charge is -2.16. The number of ether oxygens (including phenoxy) is 1. The molecule has 0 aliphatic carbocycles. The molecule has 0 aliphatic heterocycles. The van der Waals surface area contributed by atoms with E-state index in [0.29, 0.717) is 0 Å². The minimum atomic E-state index is -1.44. The van der Waals surface area contributed by atoms with E-state index < -0.39 is 17.6 Å². The van der Waals surface area contributed by atoms with Crippen LogP contribution in [0.2, 0.25) is 10.0 Å². The fraction of sp³-hybridized carbons (Fsp3) is 0.111. The highest BCUT2D eigenvalue weighted by atomic mass is 35.5. The van der Waals surface area contributed by atoms with Crippen molar-refractivity contribution >= 4 is 40.8 Å². The Balaban J connectivity index is 2.39. The monoisotopic (exact) mass is 395 g/mol. The average molecular weight is 396 g/mol. The number of hydrogen-bond acceptors (Lipinski definition) is 4. The topological polar surface area (TPSA) is 95.9 Å². The van der Waals surface area contributed by atoms with Gasteiger partial charge in [-0.25, -0.2) is 9.59 Å². The zero-order valence-electron chi connectivity index (χ0n) is 13.6. The number of hydrogen-bond donors (Lipinski definition) is 3. The summed E-state index contributed by atoms with van der Waals surface area (Å²) in [6.45, 7) is 1.36. The van der Waals surface area contributed by atoms with Gasteiger partial charge >= 0.3 is 11.9 Å². The van der Waals surface area contributed by atoms with Crippen molar-refractivity contribution in [2.75, 3.05) is 5.32 Å². The van der Waals surface area contributed by atoms with Crippen molar-refractivity contribution in [1.82, 2.24) is 0 Å². The smallest absolute Gasteiger partial charge is 0.352 e. The molecule has 8 heteroatoms. The molecule has 0 saturated carbocycles. The van der Waals surface area contributed by atoms with Crippen LogP contribution < -0.4 is 10.1 Å². The number of anilines is 1. The molecular weight excluding hydrogens is 381 g/mol. The molecule has 0 fully saturated rings. The Bertz CT molecular complexity index is 865. The van der Waals surface area contributed by atoms with Crippen LogP contribution in [0.25, 0.3) is 0 Å². The Hall–Kier alpha value is -2.70. The average Bonchev–Trinajstić information content (AvgIpc) is 2.58. The predicted molar refractivity (Wildman–Crippen MR) is 98.8 cm³/mol. The lowest BCUT2D eigenvalue weighted by molar-refractivity contribution is -0.135. The van der Waals surface area contributed by atoms with Gasteiger partial charge in [0.1, 0.15) is 12.3 Å². The number of benzene rings is 2. The van der Waals surface area contributed by atoms with Crippen LogP contribution in [0.4, 0.5) is 5.69 Å². The molecule has 2 aromatic carbocycles. The summed E-state index contributed by atoms with van der Waals surface area (Å²) in [7, 11) is 0. The van der Waals surface area contributed by atoms with Gasteiger partial charge < -0.3 is 20.3 Å². The van der Waals surface area contributed by atoms with E-state index in [1.165, 1.54) is 19.1 Å². The Morgan fingerprint density at radius 1 is 1.08 bits per heavy atom. The second kappa shape index (κ2) is 8.60. The molecule has 6 nitrogen and oxygen atoms in total. The molecule has 0 aliphatic rings. The van der Waals surface area contributed by atoms with Gasteiger partial charge in [-0.1, -0.05) is 53.5 Å². The normalized spacial score (nSPS) is 11.5. The number of carboxylic acid groups (broad SMARTS) is 2. The van der Waals surface area contributed by atoms with Crippen molar-refractivity contribution in [3.05, 3.63) is 69.3 Å². The van der Waals surface area contributed by atoms with Crippen molar-refractivity contribution in [2.45, 2.75) is 13.5 Å². The molecule has 0 atom stereocenters. The van der Waals surface area contributed by atoms with Crippen LogP contribution in [0.1, 0.15) is 12.5 Å². The maximum atomic E-state index is 11.4. The summed E-state index contributed by atoms with van der Waals surface area (Å²) >= 11 is 12.2. The fourth-order valence-electron chi connectivity index (χ4n) is 2.08. The highest BCUT2D eigenvalue weighted by Gasteiger charge is 2.20. The first-order valence-electron chi connectivity index (χ1n) is 7.40. The number of carbonyl (C=O) groups is 2. The summed E-state index contributed by atoms with van der Waals surface area (Å²) in [5.74, 6) is -2.64. The van der Waals surface area contributed by atoms with Gasteiger partial charge in [0.2, 0.25) is 0 Å². The first-order chi connectivity index (χ1) is 12.3. The fourth-order valence-corrected chi connectivity index (χ4v) is 2.63. The summed E-state index contributed by atoms with van der Waals surface area (Å²) in [5.41, 5.74) is 0.139. The van der Waals surface area contributed by atoms with E-state index in [4.69, 9.17) is 33.0 Å². The van der Waals surface area contributed by atoms with E-state index >= 15 is 0 Å². The van der Waals surface area contributed by atoms with Crippen LogP contribution in [0.15, 0.2) is 53.7 Å². The molecule has 0 amide bonds. The van der Waals surface area contributed by atoms with Gasteiger partial charge in [-0.05, 0) is 24.6 Å². The van der Waals surface area contributed by atoms with Crippen LogP contribution in [0, 0.1) is 0 Å². The maximum absolute atomic E-state index is 11.4. The van der Waals surface area contributed by atoms with E-state index in [0.717, 1.165) is 5.56 Å². The standard InChI is InChI=1S/C18H15Cl2NO5/c1-10(17(22)23)15(18(24)25)21-14-8-12(19)7-13(20)16(14)26-9-11-5-3-2-4-6-11/h2-8,21H,9H2,1H3,(H,22,23)(H,24,25). The molecule has 0 unspecified atom stereocenters. The van der Waals surface area contributed by atoms with Gasteiger partial charge in [0.25, 0.3) is 0 Å². The lowest BCUT2D eigenvalue weighted by Crippen LogP contribution is -2.17. The molecule has 26 heavy (non-hydrogen) atoms. The molecule has 3 N–H and O–H groups in total. The lowest BCUT2D eigenvalue weighted by atomic mass is 10.2. The van der Waals surface area contributed by atoms with E-state index in [1.807, 2.05) is 30.3 Å². The van der Waals surface area contributed by atoms with Gasteiger partial charge in [-0.15, -0.1) is 0 Å². The summed E-state index contributed by atoms with van der Waals surface area (Å²) in [6, 6.07) is 12.1. The molecule has 2 rings (SSSR count). The largest absolute Gasteiger partial charge is 0.485 e. The van der Waals surface area contributed by atoms with Crippen LogP contribution in [0.3, 0.4) is 0 Å². The number of carboxylic acids is 2. The van der Waals surface area contributed by atoms with E-state index in [1.54, 1.807) is 0 Å². The van der Waals surface area contributed by atoms with E-state index in [9.17, 15) is 14.7 Å². The zero-order chi connectivity index (χ0) is 19.3. The van der Waals surface area contributed by atoms with Gasteiger partial charge in [-0.3, -0.25) is 0 Å². The number of rotatable bonds is 7. The third-order valence-corrected chi connectivity index (χ3v) is 3.90. The van der Waals surface area contributed by atoms with Crippen LogP contribution in [-0.2, 0) is 16.2 Å². The molecule has 0 aromatic heterocycles. The first kappa shape index (κ1) is 19.6. The number of halogens is 2. The Kier molecular flexibility index (Phi) is 6.49. The second-order valence-corrected chi connectivity index (χ2v) is 6.12. The minimum absolute atomic E-state index is 0.149. The molecule has 0 spiro atoms. The van der Waals surface area contributed by atoms with Crippen molar-refractivity contribution in [1.29, 1.82) is 0 Å². The summed E-state index contributed by atoms with van der Waals surface area (Å²) < 4.78 is 5.71. The Labute approximate surface area is 159 Å². The van der Waals surface area contributed by atoms with Crippen LogP contribution in [-0.4, -0.2) is 22.2 Å². The molecule has 0 saturated heterocycles. The molecule has 0 heterocycles. The Morgan fingerprint density at radius 2 is 1.73 bits per heavy atom. The highest BCUT2D eigenvalue weighted by molar-refractivity contribution is 6.36. The quantitative estimate of drug-likeness (QED) is 0.600. The zero-order valence-corrected chi connectivity index (χ0v) is 15.1. The maximum Gasteiger partial charge on any atom is 0.352 e. The number of aliphatic carboxylic acids is 2. The summed E-state index contributed by atoms with van der Waals surface area (Å²) in [5, 5.41) is 21.3. The third kappa shape index (κ3) is 4.91. The summed E-state index contributed by atoms with van der Waals surface area (Å²) in [6.07, 6.45) is 0. The molecule has 136 valence electrons. The first-order valence-corrected chi connectivity index (χ1v) is 8.15. The van der Waals surface area contributed by atoms with Gasteiger partial charge in [0, 0.05) is 5.02 Å². The van der Waals surface area contributed by atoms with Gasteiger partial charge in [0.05, 0.1) is 16.3 Å². The molecule has 2 aromatic rings. The van der Waals surface area contributed by atoms with Crippen LogP contribution >= 0.6 is 23.2 Å². The van der Waals surface area contributed by atoms with Gasteiger partial charge in [-0.2, -0.15) is 0 Å². The summed E-state index contributed by atoms with van der Waals surface area (Å²) in [4.78, 5) is 22.5. The van der Waals surface area contributed by atoms with Crippen molar-refractivity contribution in [3.8, 4) is 5.75 Å². The van der Waals surface area contributed by atoms with E-state index in [-0.39, 0.29) is 33.7 Å². The number of nitrogens with one attached hydrogen (secondary N) is 1. The second-order valence-electron chi connectivity index (χ2n) is 5.27. The predicted octanol–water partition coefficient (Wildman–Crippen LogP) is 4.43. The van der Waals surface area contributed by atoms with Crippen LogP contribution in [0.5, 0.6) is 5.75 Å². The van der Waals surface area contributed by atoms with E-state index in [2.05, 4.69) is 5.32 Å². The Morgan fingerprint density at radius 3 is 2.31 bits per heavy atom. The third-order valence-electron chi connectivity index (χ3n) is 3.40. The van der Waals surface area contributed by atoms with Crippen molar-refractivity contribution in [3.63, 3.8) is 0 Å². The van der Waals surface area contributed by atoms with Crippen molar-refractivity contribution in [2.24, 2.45) is 0 Å². The molecular formula is C18H15Cl2NO5. The van der Waals surface area contributed by atoms with Crippen molar-refractivity contribution < 1.29 is 24.5 Å². The molecule has 0 radical (unpaired) electrons. The van der Waals surface area contributed by atoms with Gasteiger partial charge in [0.15, 0.2) is 5.75 Å². The minimum Gasteiger partial charge on any atom is -0.485 e.